The summed E-state index contributed by atoms with van der Waals surface area (Å²) in [6.07, 6.45) is 3.01. The maximum atomic E-state index is 12.6. The monoisotopic (exact) mass is 610 g/mol. The van der Waals surface area contributed by atoms with E-state index in [9.17, 15) is 4.79 Å². The fourth-order valence-corrected chi connectivity index (χ4v) is 5.03. The van der Waals surface area contributed by atoms with Gasteiger partial charge in [0.25, 0.3) is 0 Å². The number of pyridine rings is 2. The topological polar surface area (TPSA) is 91.3 Å². The van der Waals surface area contributed by atoms with Crippen molar-refractivity contribution in [2.45, 2.75) is 20.5 Å². The van der Waals surface area contributed by atoms with E-state index in [0.29, 0.717) is 19.0 Å². The first-order valence-electron chi connectivity index (χ1n) is 15.2. The highest BCUT2D eigenvalue weighted by Crippen LogP contribution is 2.30. The summed E-state index contributed by atoms with van der Waals surface area (Å²) in [5, 5.41) is 1.13. The molecule has 2 aromatic heterocycles. The Morgan fingerprint density at radius 1 is 0.739 bits per heavy atom. The Morgan fingerprint density at radius 3 is 2.11 bits per heavy atom. The normalized spacial score (nSPS) is 10.7. The third-order valence-corrected chi connectivity index (χ3v) is 7.25. The molecule has 0 atom stereocenters. The molecule has 7 rings (SSSR count). The Kier molecular flexibility index (Phi) is 9.35. The number of H-pyrrole nitrogens is 1. The maximum Gasteiger partial charge on any atom is 0.420 e. The Balaban J connectivity index is 0.000000178. The van der Waals surface area contributed by atoms with Crippen LogP contribution in [0.25, 0.3) is 44.9 Å². The summed E-state index contributed by atoms with van der Waals surface area (Å²) >= 11 is 0. The predicted molar refractivity (Wildman–Crippen MR) is 180 cm³/mol. The quantitative estimate of drug-likeness (QED) is 0.185. The molecule has 0 amide bonds. The van der Waals surface area contributed by atoms with Crippen LogP contribution in [0, 0.1) is 0 Å². The zero-order valence-electron chi connectivity index (χ0n) is 25.7. The third kappa shape index (κ3) is 7.08. The number of rotatable bonds is 8. The van der Waals surface area contributed by atoms with E-state index < -0.39 is 6.09 Å². The highest BCUT2D eigenvalue weighted by atomic mass is 16.5. The molecular weight excluding hydrogens is 576 g/mol. The SMILES string of the molecule is CCOc1ccc(-c2cc3cccn(C(=O)OCc4ccccc4)c-3n2)cc1.CCOc1ccc(-c2cc3cccnc3[nH]2)cc1. The van der Waals surface area contributed by atoms with E-state index >= 15 is 0 Å². The largest absolute Gasteiger partial charge is 0.494 e. The summed E-state index contributed by atoms with van der Waals surface area (Å²) in [4.78, 5) is 24.8. The molecule has 0 saturated carbocycles. The zero-order valence-corrected chi connectivity index (χ0v) is 25.7. The molecule has 0 aliphatic carbocycles. The van der Waals surface area contributed by atoms with Crippen LogP contribution in [0.3, 0.4) is 0 Å². The van der Waals surface area contributed by atoms with Crippen LogP contribution < -0.4 is 9.47 Å². The van der Waals surface area contributed by atoms with Crippen molar-refractivity contribution in [1.29, 1.82) is 0 Å². The third-order valence-electron chi connectivity index (χ3n) is 7.25. The number of fused-ring (bicyclic) bond motifs is 2. The molecule has 230 valence electrons. The van der Waals surface area contributed by atoms with Gasteiger partial charge in [-0.2, -0.15) is 0 Å². The number of ether oxygens (including phenoxy) is 3. The van der Waals surface area contributed by atoms with Crippen LogP contribution in [0.4, 0.5) is 4.79 Å². The van der Waals surface area contributed by atoms with Crippen molar-refractivity contribution in [2.24, 2.45) is 0 Å². The second-order valence-electron chi connectivity index (χ2n) is 10.4. The van der Waals surface area contributed by atoms with Crippen molar-refractivity contribution < 1.29 is 19.0 Å². The molecule has 8 heteroatoms. The molecule has 0 spiro atoms. The number of hydrogen-bond donors (Lipinski definition) is 1. The van der Waals surface area contributed by atoms with Gasteiger partial charge in [0.1, 0.15) is 29.6 Å². The lowest BCUT2D eigenvalue weighted by atomic mass is 10.1. The summed E-state index contributed by atoms with van der Waals surface area (Å²) in [6, 6.07) is 37.2. The van der Waals surface area contributed by atoms with Gasteiger partial charge in [0, 0.05) is 34.6 Å². The summed E-state index contributed by atoms with van der Waals surface area (Å²) in [5.41, 5.74) is 6.71. The van der Waals surface area contributed by atoms with E-state index in [4.69, 9.17) is 14.2 Å². The molecule has 5 aromatic rings. The van der Waals surface area contributed by atoms with Crippen LogP contribution in [0.15, 0.2) is 128 Å². The van der Waals surface area contributed by atoms with Crippen LogP contribution in [0.1, 0.15) is 19.4 Å². The van der Waals surface area contributed by atoms with E-state index in [0.717, 1.165) is 56.2 Å². The van der Waals surface area contributed by atoms with Crippen LogP contribution in [0.2, 0.25) is 0 Å². The molecule has 0 fully saturated rings. The predicted octanol–water partition coefficient (Wildman–Crippen LogP) is 8.87. The van der Waals surface area contributed by atoms with Crippen LogP contribution >= 0.6 is 0 Å². The minimum absolute atomic E-state index is 0.218. The molecular formula is C38H34N4O4. The number of carbonyl (C=O) groups excluding carboxylic acids is 1. The molecule has 1 N–H and O–H groups in total. The summed E-state index contributed by atoms with van der Waals surface area (Å²) in [5.74, 6) is 2.29. The van der Waals surface area contributed by atoms with Gasteiger partial charge in [-0.15, -0.1) is 0 Å². The molecule has 4 heterocycles. The van der Waals surface area contributed by atoms with E-state index in [2.05, 4.69) is 39.2 Å². The zero-order chi connectivity index (χ0) is 31.7. The summed E-state index contributed by atoms with van der Waals surface area (Å²) < 4.78 is 17.8. The van der Waals surface area contributed by atoms with Crippen LogP contribution in [-0.2, 0) is 11.3 Å². The second kappa shape index (κ2) is 14.3. The number of hydrogen-bond acceptors (Lipinski definition) is 6. The van der Waals surface area contributed by atoms with Gasteiger partial charge in [0.2, 0.25) is 0 Å². The van der Waals surface area contributed by atoms with Gasteiger partial charge in [-0.3, -0.25) is 0 Å². The molecule has 0 radical (unpaired) electrons. The van der Waals surface area contributed by atoms with Gasteiger partial charge in [-0.05, 0) is 110 Å². The minimum atomic E-state index is -0.453. The van der Waals surface area contributed by atoms with E-state index in [1.165, 1.54) is 4.57 Å². The molecule has 3 aromatic carbocycles. The number of carbonyl (C=O) groups is 1. The molecule has 2 aliphatic rings. The average molecular weight is 611 g/mol. The first-order valence-corrected chi connectivity index (χ1v) is 15.2. The fourth-order valence-electron chi connectivity index (χ4n) is 5.03. The van der Waals surface area contributed by atoms with Crippen molar-refractivity contribution in [2.75, 3.05) is 13.2 Å². The molecule has 0 unspecified atom stereocenters. The van der Waals surface area contributed by atoms with Crippen molar-refractivity contribution in [3.63, 3.8) is 0 Å². The number of aromatic amines is 1. The van der Waals surface area contributed by atoms with Crippen molar-refractivity contribution in [1.82, 2.24) is 19.5 Å². The van der Waals surface area contributed by atoms with Crippen molar-refractivity contribution in [3.8, 4) is 45.4 Å². The Labute approximate surface area is 267 Å². The van der Waals surface area contributed by atoms with Gasteiger partial charge in [-0.25, -0.2) is 19.3 Å². The number of nitrogens with one attached hydrogen (secondary N) is 1. The van der Waals surface area contributed by atoms with Gasteiger partial charge in [0.05, 0.1) is 18.9 Å². The average Bonchev–Trinajstić information content (AvgIpc) is 3.74. The molecule has 8 nitrogen and oxygen atoms in total. The molecule has 2 aliphatic heterocycles. The number of benzene rings is 3. The van der Waals surface area contributed by atoms with Crippen LogP contribution in [-0.4, -0.2) is 38.8 Å². The maximum absolute atomic E-state index is 12.6. The summed E-state index contributed by atoms with van der Waals surface area (Å²) in [6.45, 7) is 5.47. The fraction of sp³-hybridized carbons (Fsp3) is 0.132. The first-order chi connectivity index (χ1) is 22.6. The lowest BCUT2D eigenvalue weighted by Crippen LogP contribution is -2.16. The van der Waals surface area contributed by atoms with E-state index in [1.54, 1.807) is 12.4 Å². The lowest BCUT2D eigenvalue weighted by molar-refractivity contribution is 0.141. The van der Waals surface area contributed by atoms with E-state index in [-0.39, 0.29) is 6.61 Å². The molecule has 46 heavy (non-hydrogen) atoms. The smallest absolute Gasteiger partial charge is 0.420 e. The van der Waals surface area contributed by atoms with Gasteiger partial charge >= 0.3 is 6.09 Å². The highest BCUT2D eigenvalue weighted by molar-refractivity contribution is 5.83. The Hall–Kier alpha value is -5.89. The Bertz CT molecular complexity index is 1950. The lowest BCUT2D eigenvalue weighted by Gasteiger charge is -2.10. The van der Waals surface area contributed by atoms with Gasteiger partial charge in [0.15, 0.2) is 0 Å². The second-order valence-corrected chi connectivity index (χ2v) is 10.4. The summed E-state index contributed by atoms with van der Waals surface area (Å²) in [7, 11) is 0. The number of nitrogens with zero attached hydrogens (tertiary/aromatic N) is 3. The van der Waals surface area contributed by atoms with Crippen molar-refractivity contribution in [3.05, 3.63) is 133 Å². The van der Waals surface area contributed by atoms with Gasteiger partial charge in [-0.1, -0.05) is 30.3 Å². The Morgan fingerprint density at radius 2 is 1.43 bits per heavy atom. The van der Waals surface area contributed by atoms with E-state index in [1.807, 2.05) is 105 Å². The highest BCUT2D eigenvalue weighted by Gasteiger charge is 2.18. The van der Waals surface area contributed by atoms with Crippen LogP contribution in [0.5, 0.6) is 11.5 Å². The van der Waals surface area contributed by atoms with Crippen molar-refractivity contribution >= 4 is 17.1 Å². The molecule has 0 saturated heterocycles. The standard InChI is InChI=1S/C23H20N2O3.C15H14N2O/c1-2-27-20-12-10-18(11-13-20)21-15-19-9-6-14-25(22(19)24-21)23(26)28-16-17-7-4-3-5-8-17;1-2-18-13-7-5-11(6-8-13)14-10-12-4-3-9-16-15(12)17-14/h3-15H,2,16H2,1H3;3-10H,2H2,1H3,(H,16,17). The minimum Gasteiger partial charge on any atom is -0.494 e. The first kappa shape index (κ1) is 30.1. The number of aromatic nitrogens is 4. The van der Waals surface area contributed by atoms with Gasteiger partial charge < -0.3 is 19.2 Å². The molecule has 0 bridgehead atoms.